The fourth-order valence-corrected chi connectivity index (χ4v) is 2.73. The number of hydrogen-bond acceptors (Lipinski definition) is 4. The maximum atomic E-state index is 6.00. The van der Waals surface area contributed by atoms with E-state index in [1.54, 1.807) is 19.2 Å². The lowest BCUT2D eigenvalue weighted by atomic mass is 10.2. The molecule has 1 aromatic heterocycles. The summed E-state index contributed by atoms with van der Waals surface area (Å²) in [4.78, 5) is 10.7. The molecule has 134 valence electrons. The highest BCUT2D eigenvalue weighted by atomic mass is 35.5. The number of rotatable bonds is 5. The molecule has 0 atom stereocenters. The van der Waals surface area contributed by atoms with Crippen molar-refractivity contribution in [3.05, 3.63) is 71.1 Å². The van der Waals surface area contributed by atoms with Crippen LogP contribution in [-0.4, -0.2) is 35.1 Å². The van der Waals surface area contributed by atoms with Gasteiger partial charge in [-0.2, -0.15) is 4.98 Å². The smallest absolute Gasteiger partial charge is 0.246 e. The van der Waals surface area contributed by atoms with Gasteiger partial charge in [0.15, 0.2) is 5.96 Å². The van der Waals surface area contributed by atoms with Crippen LogP contribution in [0, 0.1) is 0 Å². The van der Waals surface area contributed by atoms with Gasteiger partial charge in [-0.15, -0.1) is 0 Å². The number of hydrogen-bond donors (Lipinski definition) is 1. The minimum atomic E-state index is 0.388. The van der Waals surface area contributed by atoms with Gasteiger partial charge in [0, 0.05) is 31.2 Å². The molecule has 1 N–H and O–H groups in total. The number of aromatic nitrogens is 2. The summed E-state index contributed by atoms with van der Waals surface area (Å²) in [6.45, 7) is 1.14. The minimum absolute atomic E-state index is 0.388. The molecular weight excluding hydrogens is 350 g/mol. The minimum Gasteiger partial charge on any atom is -0.347 e. The van der Waals surface area contributed by atoms with E-state index >= 15 is 0 Å². The number of benzene rings is 2. The topological polar surface area (TPSA) is 66.5 Å². The Bertz CT molecular complexity index is 878. The van der Waals surface area contributed by atoms with Crippen LogP contribution in [0.15, 0.2) is 64.1 Å². The van der Waals surface area contributed by atoms with Crippen molar-refractivity contribution in [2.24, 2.45) is 4.99 Å². The molecule has 0 aliphatic carbocycles. The maximum Gasteiger partial charge on any atom is 0.246 e. The Hall–Kier alpha value is -2.86. The van der Waals surface area contributed by atoms with Crippen molar-refractivity contribution in [2.45, 2.75) is 13.1 Å². The SMILES string of the molecule is CN=C(NCc1nc(-c2cccc(Cl)c2)no1)N(C)Cc1ccccc1. The lowest BCUT2D eigenvalue weighted by molar-refractivity contribution is 0.371. The third-order valence-electron chi connectivity index (χ3n) is 3.78. The van der Waals surface area contributed by atoms with Crippen molar-refractivity contribution >= 4 is 17.6 Å². The largest absolute Gasteiger partial charge is 0.347 e. The normalized spacial score (nSPS) is 11.4. The predicted molar refractivity (Wildman–Crippen MR) is 103 cm³/mol. The average Bonchev–Trinajstić information content (AvgIpc) is 3.12. The van der Waals surface area contributed by atoms with Gasteiger partial charge < -0.3 is 14.7 Å². The van der Waals surface area contributed by atoms with E-state index in [1.807, 2.05) is 42.3 Å². The van der Waals surface area contributed by atoms with Gasteiger partial charge in [0.2, 0.25) is 11.7 Å². The van der Waals surface area contributed by atoms with Crippen molar-refractivity contribution in [3.8, 4) is 11.4 Å². The highest BCUT2D eigenvalue weighted by Gasteiger charge is 2.11. The summed E-state index contributed by atoms with van der Waals surface area (Å²) in [6, 6.07) is 17.6. The van der Waals surface area contributed by atoms with Gasteiger partial charge in [0.1, 0.15) is 0 Å². The predicted octanol–water partition coefficient (Wildman–Crippen LogP) is 3.60. The Morgan fingerprint density at radius 2 is 2.00 bits per heavy atom. The van der Waals surface area contributed by atoms with E-state index in [0.29, 0.717) is 23.3 Å². The first-order valence-corrected chi connectivity index (χ1v) is 8.58. The van der Waals surface area contributed by atoms with Crippen LogP contribution in [0.5, 0.6) is 0 Å². The molecule has 3 aromatic rings. The molecule has 7 heteroatoms. The van der Waals surface area contributed by atoms with Crippen molar-refractivity contribution in [1.29, 1.82) is 0 Å². The number of aliphatic imine (C=N–C) groups is 1. The van der Waals surface area contributed by atoms with Crippen LogP contribution < -0.4 is 5.32 Å². The third kappa shape index (κ3) is 4.61. The first kappa shape index (κ1) is 17.9. The molecule has 0 aliphatic rings. The second kappa shape index (κ2) is 8.49. The molecule has 0 aliphatic heterocycles. The lowest BCUT2D eigenvalue weighted by Crippen LogP contribution is -2.38. The molecule has 0 spiro atoms. The molecule has 0 unspecified atom stereocenters. The van der Waals surface area contributed by atoms with Crippen LogP contribution in [0.4, 0.5) is 0 Å². The Morgan fingerprint density at radius 1 is 1.19 bits per heavy atom. The zero-order chi connectivity index (χ0) is 18.4. The fraction of sp³-hybridized carbons (Fsp3) is 0.211. The molecule has 0 radical (unpaired) electrons. The number of guanidine groups is 1. The monoisotopic (exact) mass is 369 g/mol. The van der Waals surface area contributed by atoms with Crippen molar-refractivity contribution in [1.82, 2.24) is 20.4 Å². The lowest BCUT2D eigenvalue weighted by Gasteiger charge is -2.21. The van der Waals surface area contributed by atoms with Gasteiger partial charge in [-0.05, 0) is 17.7 Å². The fourth-order valence-electron chi connectivity index (χ4n) is 2.54. The van der Waals surface area contributed by atoms with Crippen molar-refractivity contribution < 1.29 is 4.52 Å². The van der Waals surface area contributed by atoms with E-state index in [-0.39, 0.29) is 0 Å². The van der Waals surface area contributed by atoms with E-state index in [2.05, 4.69) is 32.6 Å². The number of halogens is 1. The highest BCUT2D eigenvalue weighted by Crippen LogP contribution is 2.19. The summed E-state index contributed by atoms with van der Waals surface area (Å²) >= 11 is 6.00. The molecule has 0 amide bonds. The van der Waals surface area contributed by atoms with E-state index in [9.17, 15) is 0 Å². The average molecular weight is 370 g/mol. The molecule has 0 bridgehead atoms. The first-order valence-electron chi connectivity index (χ1n) is 8.20. The number of nitrogens with zero attached hydrogens (tertiary/aromatic N) is 4. The van der Waals surface area contributed by atoms with Gasteiger partial charge in [-0.25, -0.2) is 0 Å². The third-order valence-corrected chi connectivity index (χ3v) is 4.02. The molecule has 1 heterocycles. The van der Waals surface area contributed by atoms with Crippen LogP contribution >= 0.6 is 11.6 Å². The summed E-state index contributed by atoms with van der Waals surface area (Å²) < 4.78 is 5.31. The summed E-state index contributed by atoms with van der Waals surface area (Å²) in [7, 11) is 3.72. The molecular formula is C19H20ClN5O. The van der Waals surface area contributed by atoms with Crippen molar-refractivity contribution in [3.63, 3.8) is 0 Å². The Labute approximate surface area is 157 Å². The molecule has 26 heavy (non-hydrogen) atoms. The van der Waals surface area contributed by atoms with Gasteiger partial charge >= 0.3 is 0 Å². The van der Waals surface area contributed by atoms with E-state index < -0.39 is 0 Å². The molecule has 2 aromatic carbocycles. The molecule has 3 rings (SSSR count). The Balaban J connectivity index is 1.60. The van der Waals surface area contributed by atoms with Crippen LogP contribution in [0.1, 0.15) is 11.5 Å². The Morgan fingerprint density at radius 3 is 2.73 bits per heavy atom. The molecule has 0 saturated carbocycles. The van der Waals surface area contributed by atoms with Crippen LogP contribution in [0.25, 0.3) is 11.4 Å². The quantitative estimate of drug-likeness (QED) is 0.550. The maximum absolute atomic E-state index is 6.00. The summed E-state index contributed by atoms with van der Waals surface area (Å²) in [6.07, 6.45) is 0. The van der Waals surface area contributed by atoms with Gasteiger partial charge in [-0.3, -0.25) is 4.99 Å². The molecule has 0 fully saturated rings. The van der Waals surface area contributed by atoms with Crippen LogP contribution in [0.2, 0.25) is 5.02 Å². The van der Waals surface area contributed by atoms with Crippen LogP contribution in [0.3, 0.4) is 0 Å². The van der Waals surface area contributed by atoms with Gasteiger partial charge in [-0.1, -0.05) is 59.2 Å². The zero-order valence-electron chi connectivity index (χ0n) is 14.7. The summed E-state index contributed by atoms with van der Waals surface area (Å²) in [5.74, 6) is 1.74. The molecule has 0 saturated heterocycles. The standard InChI is InChI=1S/C19H20ClN5O/c1-21-19(25(2)13-14-7-4-3-5-8-14)22-12-17-23-18(24-26-17)15-9-6-10-16(20)11-15/h3-11H,12-13H2,1-2H3,(H,21,22). The summed E-state index contributed by atoms with van der Waals surface area (Å²) in [5, 5.41) is 7.88. The first-order chi connectivity index (χ1) is 12.7. The zero-order valence-corrected chi connectivity index (χ0v) is 15.4. The van der Waals surface area contributed by atoms with Crippen molar-refractivity contribution in [2.75, 3.05) is 14.1 Å². The second-order valence-corrected chi connectivity index (χ2v) is 6.20. The van der Waals surface area contributed by atoms with E-state index in [4.69, 9.17) is 16.1 Å². The Kier molecular flexibility index (Phi) is 5.86. The van der Waals surface area contributed by atoms with Crippen LogP contribution in [-0.2, 0) is 13.1 Å². The summed E-state index contributed by atoms with van der Waals surface area (Å²) in [5.41, 5.74) is 2.03. The van der Waals surface area contributed by atoms with E-state index in [0.717, 1.165) is 18.1 Å². The van der Waals surface area contributed by atoms with E-state index in [1.165, 1.54) is 5.56 Å². The van der Waals surface area contributed by atoms with Gasteiger partial charge in [0.05, 0.1) is 6.54 Å². The molecule has 6 nitrogen and oxygen atoms in total. The number of nitrogens with one attached hydrogen (secondary N) is 1. The van der Waals surface area contributed by atoms with Gasteiger partial charge in [0.25, 0.3) is 0 Å². The highest BCUT2D eigenvalue weighted by molar-refractivity contribution is 6.30. The second-order valence-electron chi connectivity index (χ2n) is 5.76.